The Morgan fingerprint density at radius 1 is 1.58 bits per heavy atom. The molecule has 0 spiro atoms. The summed E-state index contributed by atoms with van der Waals surface area (Å²) in [5.41, 5.74) is 0.593. The molecule has 19 heavy (non-hydrogen) atoms. The van der Waals surface area contributed by atoms with Crippen molar-refractivity contribution in [2.75, 3.05) is 20.1 Å². The lowest BCUT2D eigenvalue weighted by atomic mass is 10.1. The predicted molar refractivity (Wildman–Crippen MR) is 71.9 cm³/mol. The molecule has 0 aliphatic carbocycles. The molecule has 0 aromatic carbocycles. The van der Waals surface area contributed by atoms with Crippen molar-refractivity contribution in [2.45, 2.75) is 18.9 Å². The Bertz CT molecular complexity index is 476. The van der Waals surface area contributed by atoms with E-state index in [0.29, 0.717) is 11.6 Å². The quantitative estimate of drug-likeness (QED) is 0.839. The van der Waals surface area contributed by atoms with Gasteiger partial charge in [0.15, 0.2) is 0 Å². The molecular formula is C14H18FN3O. The van der Waals surface area contributed by atoms with Crippen LogP contribution in [0, 0.1) is 5.82 Å². The first-order chi connectivity index (χ1) is 9.19. The molecule has 0 saturated carbocycles. The molecule has 1 saturated heterocycles. The van der Waals surface area contributed by atoms with E-state index in [0.717, 1.165) is 32.1 Å². The summed E-state index contributed by atoms with van der Waals surface area (Å²) in [5.74, 6) is -0.438. The maximum Gasteiger partial charge on any atom is 0.246 e. The molecule has 2 rings (SSSR count). The van der Waals surface area contributed by atoms with Crippen molar-refractivity contribution < 1.29 is 9.18 Å². The predicted octanol–water partition coefficient (Wildman–Crippen LogP) is 1.44. The van der Waals surface area contributed by atoms with Crippen molar-refractivity contribution in [3.8, 4) is 0 Å². The lowest BCUT2D eigenvalue weighted by Gasteiger charge is -2.31. The second-order valence-electron chi connectivity index (χ2n) is 4.68. The van der Waals surface area contributed by atoms with Crippen molar-refractivity contribution in [3.05, 3.63) is 35.9 Å². The van der Waals surface area contributed by atoms with Crippen LogP contribution in [0.15, 0.2) is 24.5 Å². The van der Waals surface area contributed by atoms with Crippen LogP contribution in [-0.4, -0.2) is 42.0 Å². The Morgan fingerprint density at radius 3 is 3.16 bits per heavy atom. The molecule has 0 bridgehead atoms. The zero-order valence-corrected chi connectivity index (χ0v) is 11.0. The number of aromatic nitrogens is 1. The van der Waals surface area contributed by atoms with Gasteiger partial charge in [-0.3, -0.25) is 9.78 Å². The highest BCUT2D eigenvalue weighted by Gasteiger charge is 2.20. The molecule has 1 aromatic heterocycles. The number of pyridine rings is 1. The summed E-state index contributed by atoms with van der Waals surface area (Å²) in [4.78, 5) is 17.6. The van der Waals surface area contributed by atoms with Gasteiger partial charge in [-0.25, -0.2) is 4.39 Å². The number of nitrogens with one attached hydrogen (secondary N) is 1. The fourth-order valence-corrected chi connectivity index (χ4v) is 2.21. The average Bonchev–Trinajstić information content (AvgIpc) is 2.45. The number of amides is 1. The van der Waals surface area contributed by atoms with Crippen LogP contribution < -0.4 is 5.32 Å². The number of hydrogen-bond acceptors (Lipinski definition) is 3. The summed E-state index contributed by atoms with van der Waals surface area (Å²) in [6.45, 7) is 1.50. The van der Waals surface area contributed by atoms with Crippen LogP contribution in [0.3, 0.4) is 0 Å². The summed E-state index contributed by atoms with van der Waals surface area (Å²) in [6, 6.07) is 1.71. The molecule has 1 amide bonds. The number of carbonyl (C=O) groups is 1. The molecule has 1 aromatic rings. The van der Waals surface area contributed by atoms with Crippen LogP contribution in [-0.2, 0) is 4.79 Å². The summed E-state index contributed by atoms with van der Waals surface area (Å²) >= 11 is 0. The summed E-state index contributed by atoms with van der Waals surface area (Å²) in [6.07, 6.45) is 7.85. The van der Waals surface area contributed by atoms with Gasteiger partial charge in [0.05, 0.1) is 6.20 Å². The van der Waals surface area contributed by atoms with E-state index >= 15 is 0 Å². The molecule has 1 aliphatic heterocycles. The molecule has 1 N–H and O–H groups in total. The standard InChI is InChI=1S/C14H18FN3O/c1-16-13-3-2-6-18(10-13)14(19)5-4-11-7-12(15)9-17-8-11/h4-5,7-9,13,16H,2-3,6,10H2,1H3/b5-4+. The van der Waals surface area contributed by atoms with Crippen LogP contribution in [0.25, 0.3) is 6.08 Å². The number of rotatable bonds is 3. The van der Waals surface area contributed by atoms with Crippen molar-refractivity contribution in [1.29, 1.82) is 0 Å². The number of halogens is 1. The topological polar surface area (TPSA) is 45.2 Å². The lowest BCUT2D eigenvalue weighted by Crippen LogP contribution is -2.46. The first kappa shape index (κ1) is 13.7. The van der Waals surface area contributed by atoms with Gasteiger partial charge in [-0.1, -0.05) is 0 Å². The molecule has 4 nitrogen and oxygen atoms in total. The number of nitrogens with zero attached hydrogens (tertiary/aromatic N) is 2. The first-order valence-electron chi connectivity index (χ1n) is 6.44. The second-order valence-corrected chi connectivity index (χ2v) is 4.68. The number of hydrogen-bond donors (Lipinski definition) is 1. The number of piperidine rings is 1. The Balaban J connectivity index is 1.96. The fraction of sp³-hybridized carbons (Fsp3) is 0.429. The third-order valence-electron chi connectivity index (χ3n) is 3.29. The lowest BCUT2D eigenvalue weighted by molar-refractivity contribution is -0.127. The maximum atomic E-state index is 12.9. The number of carbonyl (C=O) groups excluding carboxylic acids is 1. The van der Waals surface area contributed by atoms with E-state index in [1.807, 2.05) is 11.9 Å². The molecule has 1 atom stereocenters. The highest BCUT2D eigenvalue weighted by Crippen LogP contribution is 2.11. The minimum absolute atomic E-state index is 0.0378. The van der Waals surface area contributed by atoms with Crippen LogP contribution in [0.2, 0.25) is 0 Å². The molecule has 5 heteroatoms. The SMILES string of the molecule is CNC1CCCN(C(=O)/C=C/c2cncc(F)c2)C1. The zero-order chi connectivity index (χ0) is 13.7. The highest BCUT2D eigenvalue weighted by atomic mass is 19.1. The summed E-state index contributed by atoms with van der Waals surface area (Å²) in [7, 11) is 1.91. The summed E-state index contributed by atoms with van der Waals surface area (Å²) < 4.78 is 12.9. The van der Waals surface area contributed by atoms with E-state index in [9.17, 15) is 9.18 Å². The largest absolute Gasteiger partial charge is 0.338 e. The smallest absolute Gasteiger partial charge is 0.246 e. The van der Waals surface area contributed by atoms with E-state index in [4.69, 9.17) is 0 Å². The minimum Gasteiger partial charge on any atom is -0.338 e. The maximum absolute atomic E-state index is 12.9. The van der Waals surface area contributed by atoms with Crippen molar-refractivity contribution in [1.82, 2.24) is 15.2 Å². The van der Waals surface area contributed by atoms with Crippen LogP contribution in [0.4, 0.5) is 4.39 Å². The third-order valence-corrected chi connectivity index (χ3v) is 3.29. The molecule has 102 valence electrons. The molecule has 2 heterocycles. The van der Waals surface area contributed by atoms with Gasteiger partial charge in [0, 0.05) is 31.4 Å². The Hall–Kier alpha value is -1.75. The van der Waals surface area contributed by atoms with Gasteiger partial charge in [0.1, 0.15) is 5.82 Å². The molecule has 1 unspecified atom stereocenters. The van der Waals surface area contributed by atoms with Crippen LogP contribution in [0.1, 0.15) is 18.4 Å². The summed E-state index contributed by atoms with van der Waals surface area (Å²) in [5, 5.41) is 3.19. The third kappa shape index (κ3) is 3.86. The minimum atomic E-state index is -0.400. The van der Waals surface area contributed by atoms with Gasteiger partial charge in [-0.05, 0) is 37.6 Å². The van der Waals surface area contributed by atoms with Crippen LogP contribution in [0.5, 0.6) is 0 Å². The Morgan fingerprint density at radius 2 is 2.42 bits per heavy atom. The normalized spacial score (nSPS) is 19.9. The highest BCUT2D eigenvalue weighted by molar-refractivity contribution is 5.91. The Kier molecular flexibility index (Phi) is 4.63. The first-order valence-corrected chi connectivity index (χ1v) is 6.44. The van der Waals surface area contributed by atoms with E-state index in [1.54, 1.807) is 6.08 Å². The number of likely N-dealkylation sites (tertiary alicyclic amines) is 1. The Labute approximate surface area is 112 Å². The van der Waals surface area contributed by atoms with Crippen molar-refractivity contribution in [2.24, 2.45) is 0 Å². The molecule has 1 aliphatic rings. The van der Waals surface area contributed by atoms with Gasteiger partial charge in [-0.15, -0.1) is 0 Å². The molecule has 1 fully saturated rings. The van der Waals surface area contributed by atoms with E-state index in [2.05, 4.69) is 10.3 Å². The van der Waals surface area contributed by atoms with Crippen molar-refractivity contribution >= 4 is 12.0 Å². The van der Waals surface area contributed by atoms with E-state index < -0.39 is 5.82 Å². The van der Waals surface area contributed by atoms with E-state index in [1.165, 1.54) is 18.3 Å². The monoisotopic (exact) mass is 263 g/mol. The fourth-order valence-electron chi connectivity index (χ4n) is 2.21. The van der Waals surface area contributed by atoms with Crippen LogP contribution >= 0.6 is 0 Å². The van der Waals surface area contributed by atoms with Crippen molar-refractivity contribution in [3.63, 3.8) is 0 Å². The zero-order valence-electron chi connectivity index (χ0n) is 11.0. The van der Waals surface area contributed by atoms with Gasteiger partial charge in [0.2, 0.25) is 5.91 Å². The van der Waals surface area contributed by atoms with Gasteiger partial charge in [-0.2, -0.15) is 0 Å². The van der Waals surface area contributed by atoms with Gasteiger partial charge in [0.25, 0.3) is 0 Å². The molecular weight excluding hydrogens is 245 g/mol. The number of likely N-dealkylation sites (N-methyl/N-ethyl adjacent to an activating group) is 1. The van der Waals surface area contributed by atoms with Gasteiger partial charge < -0.3 is 10.2 Å². The molecule has 0 radical (unpaired) electrons. The second kappa shape index (κ2) is 6.43. The average molecular weight is 263 g/mol. The van der Waals surface area contributed by atoms with Gasteiger partial charge >= 0.3 is 0 Å². The van der Waals surface area contributed by atoms with E-state index in [-0.39, 0.29) is 5.91 Å².